The molecule has 1 aromatic rings. The molecule has 0 fully saturated rings. The summed E-state index contributed by atoms with van der Waals surface area (Å²) in [7, 11) is 1.56. The fourth-order valence-electron chi connectivity index (χ4n) is 2.81. The van der Waals surface area contributed by atoms with E-state index in [2.05, 4.69) is 10.6 Å². The first-order valence-corrected chi connectivity index (χ1v) is 9.88. The van der Waals surface area contributed by atoms with Gasteiger partial charge >= 0.3 is 12.0 Å². The van der Waals surface area contributed by atoms with Gasteiger partial charge in [-0.25, -0.2) is 9.59 Å². The number of amides is 2. The SMILES string of the molecule is CCCOc1ccc(C2NC(=O)NC(C)=C2C(=O)OC(C)C(C)(C)C)cc1OC. The molecule has 2 rings (SSSR count). The van der Waals surface area contributed by atoms with E-state index in [0.717, 1.165) is 6.42 Å². The predicted molar refractivity (Wildman–Crippen MR) is 111 cm³/mol. The molecular formula is C22H32N2O5. The number of allylic oxidation sites excluding steroid dienone is 1. The number of esters is 1. The Balaban J connectivity index is 2.39. The molecule has 1 aliphatic heterocycles. The number of carbonyl (C=O) groups excluding carboxylic acids is 2. The molecule has 2 atom stereocenters. The van der Waals surface area contributed by atoms with Gasteiger partial charge in [-0.2, -0.15) is 0 Å². The van der Waals surface area contributed by atoms with Crippen LogP contribution in [0.2, 0.25) is 0 Å². The minimum atomic E-state index is -0.655. The summed E-state index contributed by atoms with van der Waals surface area (Å²) < 4.78 is 16.8. The van der Waals surface area contributed by atoms with Crippen LogP contribution in [0.3, 0.4) is 0 Å². The van der Waals surface area contributed by atoms with E-state index in [1.54, 1.807) is 26.2 Å². The van der Waals surface area contributed by atoms with Crippen LogP contribution in [-0.2, 0) is 9.53 Å². The molecule has 1 heterocycles. The second-order valence-electron chi connectivity index (χ2n) is 8.24. The van der Waals surface area contributed by atoms with Crippen LogP contribution in [0, 0.1) is 5.41 Å². The van der Waals surface area contributed by atoms with Gasteiger partial charge in [-0.1, -0.05) is 33.8 Å². The highest BCUT2D eigenvalue weighted by Gasteiger charge is 2.35. The average molecular weight is 405 g/mol. The first-order chi connectivity index (χ1) is 13.6. The van der Waals surface area contributed by atoms with Gasteiger partial charge in [-0.15, -0.1) is 0 Å². The topological polar surface area (TPSA) is 85.9 Å². The molecule has 1 aliphatic rings. The van der Waals surface area contributed by atoms with Crippen molar-refractivity contribution >= 4 is 12.0 Å². The number of nitrogens with one attached hydrogen (secondary N) is 2. The molecule has 0 saturated carbocycles. The molecule has 0 saturated heterocycles. The van der Waals surface area contributed by atoms with Gasteiger partial charge in [0, 0.05) is 5.70 Å². The number of ether oxygens (including phenoxy) is 3. The second-order valence-corrected chi connectivity index (χ2v) is 8.24. The van der Waals surface area contributed by atoms with Crippen LogP contribution >= 0.6 is 0 Å². The number of urea groups is 1. The first kappa shape index (κ1) is 22.6. The van der Waals surface area contributed by atoms with Crippen molar-refractivity contribution in [3.8, 4) is 11.5 Å². The molecule has 2 N–H and O–H groups in total. The predicted octanol–water partition coefficient (Wildman–Crippen LogP) is 4.09. The molecule has 0 radical (unpaired) electrons. The summed E-state index contributed by atoms with van der Waals surface area (Å²) in [4.78, 5) is 25.1. The van der Waals surface area contributed by atoms with Gasteiger partial charge in [0.2, 0.25) is 0 Å². The zero-order valence-electron chi connectivity index (χ0n) is 18.3. The van der Waals surface area contributed by atoms with Crippen LogP contribution in [0.4, 0.5) is 4.79 Å². The number of benzene rings is 1. The highest BCUT2D eigenvalue weighted by Crippen LogP contribution is 2.35. The zero-order valence-corrected chi connectivity index (χ0v) is 18.3. The van der Waals surface area contributed by atoms with Crippen LogP contribution < -0.4 is 20.1 Å². The van der Waals surface area contributed by atoms with Crippen molar-refractivity contribution in [2.45, 2.75) is 60.1 Å². The van der Waals surface area contributed by atoms with E-state index in [0.29, 0.717) is 34.9 Å². The standard InChI is InChI=1S/C22H32N2O5/c1-8-11-28-16-10-9-15(12-17(16)27-7)19-18(13(2)23-21(26)24-19)20(25)29-14(3)22(4,5)6/h9-10,12,14,19H,8,11H2,1-7H3,(H2,23,24,26). The highest BCUT2D eigenvalue weighted by molar-refractivity contribution is 5.95. The van der Waals surface area contributed by atoms with Gasteiger partial charge in [-0.05, 0) is 43.4 Å². The summed E-state index contributed by atoms with van der Waals surface area (Å²) in [5.41, 5.74) is 1.34. The normalized spacial score (nSPS) is 17.9. The Morgan fingerprint density at radius 1 is 1.24 bits per heavy atom. The van der Waals surface area contributed by atoms with E-state index >= 15 is 0 Å². The summed E-state index contributed by atoms with van der Waals surface area (Å²) in [5.74, 6) is 0.689. The number of rotatable bonds is 7. The van der Waals surface area contributed by atoms with Gasteiger partial charge in [0.05, 0.1) is 25.3 Å². The van der Waals surface area contributed by atoms with Crippen molar-refractivity contribution in [2.24, 2.45) is 5.41 Å². The maximum Gasteiger partial charge on any atom is 0.338 e. The first-order valence-electron chi connectivity index (χ1n) is 9.88. The van der Waals surface area contributed by atoms with Crippen LogP contribution in [0.25, 0.3) is 0 Å². The maximum absolute atomic E-state index is 13.0. The lowest BCUT2D eigenvalue weighted by molar-refractivity contribution is -0.149. The third kappa shape index (κ3) is 5.43. The van der Waals surface area contributed by atoms with E-state index in [4.69, 9.17) is 14.2 Å². The van der Waals surface area contributed by atoms with E-state index in [-0.39, 0.29) is 17.6 Å². The third-order valence-electron chi connectivity index (χ3n) is 4.98. The lowest BCUT2D eigenvalue weighted by Gasteiger charge is -2.32. The van der Waals surface area contributed by atoms with Crippen LogP contribution in [0.1, 0.15) is 59.6 Å². The van der Waals surface area contributed by atoms with Crippen molar-refractivity contribution in [1.82, 2.24) is 10.6 Å². The quantitative estimate of drug-likeness (QED) is 0.669. The number of hydrogen-bond donors (Lipinski definition) is 2. The van der Waals surface area contributed by atoms with E-state index in [9.17, 15) is 9.59 Å². The molecule has 7 nitrogen and oxygen atoms in total. The van der Waals surface area contributed by atoms with Crippen molar-refractivity contribution in [3.63, 3.8) is 0 Å². The van der Waals surface area contributed by atoms with Crippen molar-refractivity contribution in [1.29, 1.82) is 0 Å². The summed E-state index contributed by atoms with van der Waals surface area (Å²) in [6, 6.07) is 4.34. The van der Waals surface area contributed by atoms with Crippen molar-refractivity contribution < 1.29 is 23.8 Å². The maximum atomic E-state index is 13.0. The molecule has 0 aliphatic carbocycles. The smallest absolute Gasteiger partial charge is 0.338 e. The van der Waals surface area contributed by atoms with Gasteiger partial charge in [0.1, 0.15) is 6.10 Å². The molecule has 1 aromatic carbocycles. The number of hydrogen-bond acceptors (Lipinski definition) is 5. The van der Waals surface area contributed by atoms with Crippen LogP contribution in [-0.4, -0.2) is 31.8 Å². The van der Waals surface area contributed by atoms with E-state index in [1.165, 1.54) is 0 Å². The Labute approximate surface area is 172 Å². The van der Waals surface area contributed by atoms with Crippen molar-refractivity contribution in [3.05, 3.63) is 35.0 Å². The Morgan fingerprint density at radius 3 is 2.52 bits per heavy atom. The molecule has 7 heteroatoms. The molecule has 29 heavy (non-hydrogen) atoms. The van der Waals surface area contributed by atoms with E-state index < -0.39 is 12.0 Å². The molecule has 2 unspecified atom stereocenters. The molecule has 0 spiro atoms. The monoisotopic (exact) mass is 404 g/mol. The third-order valence-corrected chi connectivity index (χ3v) is 4.98. The average Bonchev–Trinajstić information content (AvgIpc) is 2.64. The van der Waals surface area contributed by atoms with Gasteiger partial charge in [0.15, 0.2) is 11.5 Å². The minimum Gasteiger partial charge on any atom is -0.493 e. The van der Waals surface area contributed by atoms with Gasteiger partial charge < -0.3 is 24.8 Å². The summed E-state index contributed by atoms with van der Waals surface area (Å²) in [6.45, 7) is 12.2. The highest BCUT2D eigenvalue weighted by atomic mass is 16.5. The molecule has 0 aromatic heterocycles. The summed E-state index contributed by atoms with van der Waals surface area (Å²) in [6.07, 6.45) is 0.576. The molecule has 160 valence electrons. The molecule has 2 amide bonds. The Morgan fingerprint density at radius 2 is 1.93 bits per heavy atom. The molecular weight excluding hydrogens is 372 g/mol. The molecule has 0 bridgehead atoms. The Hall–Kier alpha value is -2.70. The van der Waals surface area contributed by atoms with Crippen molar-refractivity contribution in [2.75, 3.05) is 13.7 Å². The Bertz CT molecular complexity index is 795. The van der Waals surface area contributed by atoms with Crippen LogP contribution in [0.5, 0.6) is 11.5 Å². The fourth-order valence-corrected chi connectivity index (χ4v) is 2.81. The summed E-state index contributed by atoms with van der Waals surface area (Å²) >= 11 is 0. The van der Waals surface area contributed by atoms with Crippen LogP contribution in [0.15, 0.2) is 29.5 Å². The lowest BCUT2D eigenvalue weighted by Crippen LogP contribution is -2.46. The largest absolute Gasteiger partial charge is 0.493 e. The number of carbonyl (C=O) groups is 2. The minimum absolute atomic E-state index is 0.202. The lowest BCUT2D eigenvalue weighted by atomic mass is 9.90. The van der Waals surface area contributed by atoms with E-state index in [1.807, 2.05) is 40.7 Å². The summed E-state index contributed by atoms with van der Waals surface area (Å²) in [5, 5.41) is 5.48. The second kappa shape index (κ2) is 9.20. The fraction of sp³-hybridized carbons (Fsp3) is 0.545. The van der Waals surface area contributed by atoms with Gasteiger partial charge in [0.25, 0.3) is 0 Å². The zero-order chi connectivity index (χ0) is 21.8. The Kier molecular flexibility index (Phi) is 7.16. The number of methoxy groups -OCH3 is 1. The van der Waals surface area contributed by atoms with Gasteiger partial charge in [-0.3, -0.25) is 0 Å².